The molecule has 2 aliphatic carbocycles. The molecular weight excluding hydrogens is 545 g/mol. The van der Waals surface area contributed by atoms with Gasteiger partial charge in [0, 0.05) is 29.8 Å². The molecule has 2 amide bonds. The van der Waals surface area contributed by atoms with Gasteiger partial charge in [0.15, 0.2) is 0 Å². The summed E-state index contributed by atoms with van der Waals surface area (Å²) in [6, 6.07) is 20.6. The molecule has 3 aromatic rings. The fourth-order valence-corrected chi connectivity index (χ4v) is 5.95. The van der Waals surface area contributed by atoms with Crippen LogP contribution >= 0.6 is 0 Å². The van der Waals surface area contributed by atoms with Crippen molar-refractivity contribution in [3.8, 4) is 16.9 Å². The number of carbonyl (C=O) groups is 2. The number of nitrogens with one attached hydrogen (secondary N) is 1. The van der Waals surface area contributed by atoms with Gasteiger partial charge in [0.25, 0.3) is 0 Å². The van der Waals surface area contributed by atoms with Gasteiger partial charge in [0.2, 0.25) is 11.9 Å². The van der Waals surface area contributed by atoms with Crippen molar-refractivity contribution in [3.63, 3.8) is 0 Å². The standard InChI is InChI=1S/C35H42FN3O4/c1-23(2)42-27-17-13-25(14-18-27)24-11-15-26(16-12-24)39(32(40)29-21-28(29)30-9-8-10-31(36)37-30)22-35(19-6-7-20-35)38-33(41)43-34(3,4)5/h8-18,23,28-29H,6-7,19-22H2,1-5H3,(H,38,41). The summed E-state index contributed by atoms with van der Waals surface area (Å²) in [5.74, 6) is -0.204. The van der Waals surface area contributed by atoms with Crippen LogP contribution < -0.4 is 15.0 Å². The number of amides is 2. The Hall–Kier alpha value is -3.94. The van der Waals surface area contributed by atoms with E-state index in [0.29, 0.717) is 18.7 Å². The smallest absolute Gasteiger partial charge is 0.408 e. The SMILES string of the molecule is CC(C)Oc1ccc(-c2ccc(N(CC3(NC(=O)OC(C)(C)C)CCCC3)C(=O)C3CC3c3cccc(F)n3)cc2)cc1. The molecule has 0 bridgehead atoms. The van der Waals surface area contributed by atoms with E-state index in [2.05, 4.69) is 10.3 Å². The van der Waals surface area contributed by atoms with E-state index in [1.807, 2.05) is 83.1 Å². The van der Waals surface area contributed by atoms with Crippen LogP contribution in [0.5, 0.6) is 5.75 Å². The van der Waals surface area contributed by atoms with E-state index in [0.717, 1.165) is 48.2 Å². The van der Waals surface area contributed by atoms with Crippen LogP contribution in [0.1, 0.15) is 78.3 Å². The number of hydrogen-bond donors (Lipinski definition) is 1. The van der Waals surface area contributed by atoms with Gasteiger partial charge in [-0.2, -0.15) is 4.39 Å². The summed E-state index contributed by atoms with van der Waals surface area (Å²) in [6.07, 6.45) is 3.64. The molecule has 1 heterocycles. The number of aromatic nitrogens is 1. The zero-order chi connectivity index (χ0) is 30.8. The maximum absolute atomic E-state index is 14.1. The van der Waals surface area contributed by atoms with Crippen molar-refractivity contribution in [2.75, 3.05) is 11.4 Å². The molecule has 2 fully saturated rings. The molecule has 2 atom stereocenters. The number of ether oxygens (including phenoxy) is 2. The molecule has 228 valence electrons. The summed E-state index contributed by atoms with van der Waals surface area (Å²) in [4.78, 5) is 32.9. The van der Waals surface area contributed by atoms with E-state index in [-0.39, 0.29) is 23.8 Å². The Morgan fingerprint density at radius 3 is 2.21 bits per heavy atom. The van der Waals surface area contributed by atoms with Crippen molar-refractivity contribution < 1.29 is 23.5 Å². The highest BCUT2D eigenvalue weighted by atomic mass is 19.1. The van der Waals surface area contributed by atoms with E-state index in [1.54, 1.807) is 17.0 Å². The first-order valence-corrected chi connectivity index (χ1v) is 15.2. The third-order valence-electron chi connectivity index (χ3n) is 8.02. The van der Waals surface area contributed by atoms with Gasteiger partial charge in [0.05, 0.1) is 11.6 Å². The summed E-state index contributed by atoms with van der Waals surface area (Å²) in [5, 5.41) is 3.14. The highest BCUT2D eigenvalue weighted by Crippen LogP contribution is 2.48. The molecule has 2 aromatic carbocycles. The van der Waals surface area contributed by atoms with Gasteiger partial charge in [0.1, 0.15) is 11.4 Å². The first-order valence-electron chi connectivity index (χ1n) is 15.2. The first-order chi connectivity index (χ1) is 20.4. The predicted molar refractivity (Wildman–Crippen MR) is 166 cm³/mol. The number of benzene rings is 2. The third kappa shape index (κ3) is 7.72. The number of rotatable bonds is 9. The monoisotopic (exact) mass is 587 g/mol. The molecule has 2 aliphatic rings. The Morgan fingerprint density at radius 2 is 1.63 bits per heavy atom. The average Bonchev–Trinajstić information content (AvgIpc) is 3.62. The Kier molecular flexibility index (Phi) is 8.76. The molecule has 0 radical (unpaired) electrons. The average molecular weight is 588 g/mol. The quantitative estimate of drug-likeness (QED) is 0.260. The second-order valence-electron chi connectivity index (χ2n) is 13.1. The molecular formula is C35H42FN3O4. The lowest BCUT2D eigenvalue weighted by Gasteiger charge is -2.37. The van der Waals surface area contributed by atoms with Gasteiger partial charge in [-0.05, 0) is 101 Å². The van der Waals surface area contributed by atoms with Crippen LogP contribution in [0, 0.1) is 11.9 Å². The van der Waals surface area contributed by atoms with Gasteiger partial charge in [-0.1, -0.05) is 43.2 Å². The van der Waals surface area contributed by atoms with Crippen LogP contribution in [0.15, 0.2) is 66.7 Å². The topological polar surface area (TPSA) is 80.8 Å². The predicted octanol–water partition coefficient (Wildman–Crippen LogP) is 7.65. The van der Waals surface area contributed by atoms with Crippen molar-refractivity contribution in [2.45, 2.75) is 89.9 Å². The molecule has 1 N–H and O–H groups in total. The lowest BCUT2D eigenvalue weighted by molar-refractivity contribution is -0.120. The summed E-state index contributed by atoms with van der Waals surface area (Å²) in [5.41, 5.74) is 2.17. The molecule has 0 aliphatic heterocycles. The Balaban J connectivity index is 1.41. The minimum atomic E-state index is -0.631. The molecule has 0 spiro atoms. The van der Waals surface area contributed by atoms with Crippen LogP contribution in [0.25, 0.3) is 11.1 Å². The zero-order valence-electron chi connectivity index (χ0n) is 25.7. The number of halogens is 1. The van der Waals surface area contributed by atoms with Crippen molar-refractivity contribution in [2.24, 2.45) is 5.92 Å². The largest absolute Gasteiger partial charge is 0.491 e. The van der Waals surface area contributed by atoms with E-state index in [4.69, 9.17) is 9.47 Å². The maximum atomic E-state index is 14.1. The van der Waals surface area contributed by atoms with Crippen molar-refractivity contribution >= 4 is 17.7 Å². The first kappa shape index (κ1) is 30.5. The van der Waals surface area contributed by atoms with Crippen LogP contribution in [0.2, 0.25) is 0 Å². The Morgan fingerprint density at radius 1 is 1.00 bits per heavy atom. The number of hydrogen-bond acceptors (Lipinski definition) is 5. The van der Waals surface area contributed by atoms with Crippen LogP contribution in [-0.2, 0) is 9.53 Å². The van der Waals surface area contributed by atoms with E-state index < -0.39 is 23.2 Å². The van der Waals surface area contributed by atoms with Gasteiger partial charge in [-0.15, -0.1) is 0 Å². The molecule has 1 aromatic heterocycles. The third-order valence-corrected chi connectivity index (χ3v) is 8.02. The van der Waals surface area contributed by atoms with Crippen LogP contribution in [0.3, 0.4) is 0 Å². The fraction of sp³-hybridized carbons (Fsp3) is 0.457. The Labute approximate surface area is 253 Å². The summed E-state index contributed by atoms with van der Waals surface area (Å²) in [6.45, 7) is 9.83. The molecule has 7 nitrogen and oxygen atoms in total. The maximum Gasteiger partial charge on any atom is 0.408 e. The zero-order valence-corrected chi connectivity index (χ0v) is 25.7. The van der Waals surface area contributed by atoms with Crippen molar-refractivity contribution in [1.29, 1.82) is 0 Å². The molecule has 8 heteroatoms. The Bertz CT molecular complexity index is 1430. The van der Waals surface area contributed by atoms with Gasteiger partial charge < -0.3 is 19.7 Å². The van der Waals surface area contributed by atoms with Crippen molar-refractivity contribution in [1.82, 2.24) is 10.3 Å². The number of pyridine rings is 1. The minimum absolute atomic E-state index is 0.0451. The molecule has 5 rings (SSSR count). The number of carbonyl (C=O) groups excluding carboxylic acids is 2. The number of alkyl carbamates (subject to hydrolysis) is 1. The fourth-order valence-electron chi connectivity index (χ4n) is 5.95. The highest BCUT2D eigenvalue weighted by molar-refractivity contribution is 5.98. The molecule has 0 saturated heterocycles. The van der Waals surface area contributed by atoms with Crippen molar-refractivity contribution in [3.05, 3.63) is 78.4 Å². The normalized spacial score (nSPS) is 19.1. The summed E-state index contributed by atoms with van der Waals surface area (Å²) < 4.78 is 25.2. The highest BCUT2D eigenvalue weighted by Gasteiger charge is 2.49. The minimum Gasteiger partial charge on any atom is -0.491 e. The van der Waals surface area contributed by atoms with E-state index in [9.17, 15) is 14.0 Å². The molecule has 2 saturated carbocycles. The van der Waals surface area contributed by atoms with Crippen LogP contribution in [0.4, 0.5) is 14.9 Å². The lowest BCUT2D eigenvalue weighted by atomic mass is 9.95. The number of anilines is 1. The van der Waals surface area contributed by atoms with E-state index in [1.165, 1.54) is 6.07 Å². The van der Waals surface area contributed by atoms with Crippen LogP contribution in [-0.4, -0.2) is 40.8 Å². The summed E-state index contributed by atoms with van der Waals surface area (Å²) >= 11 is 0. The molecule has 2 unspecified atom stereocenters. The summed E-state index contributed by atoms with van der Waals surface area (Å²) in [7, 11) is 0. The molecule has 43 heavy (non-hydrogen) atoms. The van der Waals surface area contributed by atoms with E-state index >= 15 is 0 Å². The van der Waals surface area contributed by atoms with Gasteiger partial charge in [-0.25, -0.2) is 9.78 Å². The second-order valence-corrected chi connectivity index (χ2v) is 13.1. The second kappa shape index (κ2) is 12.3. The lowest BCUT2D eigenvalue weighted by Crippen LogP contribution is -2.56. The number of nitrogens with zero attached hydrogens (tertiary/aromatic N) is 2. The van der Waals surface area contributed by atoms with Gasteiger partial charge >= 0.3 is 6.09 Å². The van der Waals surface area contributed by atoms with Gasteiger partial charge in [-0.3, -0.25) is 4.79 Å².